The second kappa shape index (κ2) is 20.0. The standard InChI is InChI=1S/C37H38N4O14S2.2K/c1-36(2)24-20-22(56-55-54-48)8-10-26(24)38(18-16-34(46)52-40-30(42)12-13-31(40)43)28(36)6-5-7-29-37(3,4)25-21-23(57(49,50)51)9-11-27(25)39(29)19-17-35(47)53-41-32(44)14-15-33(41)45;;/h5-11,20-21H,12-19H2,1-4H3,(H-,48,49,50,51);;/q;2*+1/p-1. The number of carbonyl (C=O) groups excluding carboxylic acids is 6. The van der Waals surface area contributed by atoms with Crippen LogP contribution >= 0.6 is 12.0 Å². The number of hydroxylamine groups is 4. The van der Waals surface area contributed by atoms with E-state index in [1.54, 1.807) is 41.3 Å². The molecule has 0 saturated carbocycles. The van der Waals surface area contributed by atoms with Crippen molar-refractivity contribution in [1.29, 1.82) is 0 Å². The Labute approximate surface area is 428 Å². The van der Waals surface area contributed by atoms with E-state index in [0.717, 1.165) is 5.56 Å². The number of hydrogen-bond donors (Lipinski definition) is 0. The van der Waals surface area contributed by atoms with Crippen LogP contribution in [-0.4, -0.2) is 82.0 Å². The first kappa shape index (κ1) is 49.7. The molecular formula is C37H37K2N4O14S2+. The quantitative estimate of drug-likeness (QED) is 0.0340. The van der Waals surface area contributed by atoms with Gasteiger partial charge in [0.2, 0.25) is 5.69 Å². The molecule has 2 aromatic carbocycles. The summed E-state index contributed by atoms with van der Waals surface area (Å²) in [5, 5.41) is 15.0. The molecule has 18 nitrogen and oxygen atoms in total. The van der Waals surface area contributed by atoms with Crippen LogP contribution in [-0.2, 0) is 68.8 Å². The molecule has 0 radical (unpaired) electrons. The first-order chi connectivity index (χ1) is 26.8. The van der Waals surface area contributed by atoms with Crippen LogP contribution in [0.5, 0.6) is 0 Å². The van der Waals surface area contributed by atoms with Crippen molar-refractivity contribution < 1.29 is 173 Å². The van der Waals surface area contributed by atoms with Gasteiger partial charge in [-0.15, -0.1) is 10.1 Å². The van der Waals surface area contributed by atoms with Gasteiger partial charge in [0.1, 0.15) is 16.5 Å². The molecule has 0 spiro atoms. The number of nitrogens with zero attached hydrogens (tertiary/aromatic N) is 4. The molecule has 4 heterocycles. The molecule has 4 aliphatic rings. The molecule has 0 aromatic heterocycles. The van der Waals surface area contributed by atoms with Crippen molar-refractivity contribution in [1.82, 2.24) is 10.1 Å². The number of fused-ring (bicyclic) bond motifs is 2. The van der Waals surface area contributed by atoms with Gasteiger partial charge in [0.05, 0.1) is 28.8 Å². The first-order valence-electron chi connectivity index (χ1n) is 17.7. The molecule has 0 bridgehead atoms. The van der Waals surface area contributed by atoms with E-state index in [4.69, 9.17) is 9.68 Å². The molecular weight excluding hydrogens is 867 g/mol. The van der Waals surface area contributed by atoms with Gasteiger partial charge < -0.3 is 24.4 Å². The minimum absolute atomic E-state index is 0. The second-order valence-electron chi connectivity index (χ2n) is 14.5. The summed E-state index contributed by atoms with van der Waals surface area (Å²) >= 11 is 0.707. The number of benzene rings is 2. The summed E-state index contributed by atoms with van der Waals surface area (Å²) in [5.41, 5.74) is 2.13. The topological polar surface area (TPSA) is 232 Å². The second-order valence-corrected chi connectivity index (χ2v) is 16.6. The van der Waals surface area contributed by atoms with Crippen molar-refractivity contribution in [2.75, 3.05) is 18.0 Å². The molecule has 0 aliphatic carbocycles. The number of amides is 4. The van der Waals surface area contributed by atoms with E-state index in [-0.39, 0.29) is 154 Å². The number of anilines is 1. The van der Waals surface area contributed by atoms with Crippen LogP contribution in [0.4, 0.5) is 11.4 Å². The fraction of sp³-hybridized carbons (Fsp3) is 0.378. The van der Waals surface area contributed by atoms with Crippen molar-refractivity contribution in [2.45, 2.75) is 86.8 Å². The fourth-order valence-electron chi connectivity index (χ4n) is 7.30. The smallest absolute Gasteiger partial charge is 0.744 e. The molecule has 0 unspecified atom stereocenters. The van der Waals surface area contributed by atoms with Gasteiger partial charge >= 0.3 is 115 Å². The van der Waals surface area contributed by atoms with Crippen LogP contribution < -0.4 is 113 Å². The summed E-state index contributed by atoms with van der Waals surface area (Å²) in [6, 6.07) is 9.20. The van der Waals surface area contributed by atoms with Gasteiger partial charge in [-0.2, -0.15) is 8.91 Å². The van der Waals surface area contributed by atoms with Gasteiger partial charge in [-0.05, 0) is 55.8 Å². The van der Waals surface area contributed by atoms with E-state index in [2.05, 4.69) is 9.37 Å². The summed E-state index contributed by atoms with van der Waals surface area (Å²) < 4.78 is 42.4. The predicted molar refractivity (Wildman–Crippen MR) is 193 cm³/mol. The van der Waals surface area contributed by atoms with E-state index in [0.29, 0.717) is 55.4 Å². The van der Waals surface area contributed by atoms with Gasteiger partial charge in [0, 0.05) is 71.6 Å². The van der Waals surface area contributed by atoms with E-state index in [1.807, 2.05) is 32.3 Å². The van der Waals surface area contributed by atoms with Gasteiger partial charge in [-0.25, -0.2) is 18.0 Å². The summed E-state index contributed by atoms with van der Waals surface area (Å²) in [6.45, 7) is 7.55. The molecule has 0 N–H and O–H groups in total. The van der Waals surface area contributed by atoms with Crippen molar-refractivity contribution in [3.63, 3.8) is 0 Å². The van der Waals surface area contributed by atoms with Gasteiger partial charge in [-0.1, -0.05) is 19.9 Å². The van der Waals surface area contributed by atoms with Gasteiger partial charge in [0.15, 0.2) is 12.3 Å². The predicted octanol–water partition coefficient (Wildman–Crippen LogP) is -3.56. The minimum atomic E-state index is -4.82. The number of allylic oxidation sites excluding steroid dienone is 4. The van der Waals surface area contributed by atoms with E-state index >= 15 is 0 Å². The monoisotopic (exact) mass is 903 g/mol. The number of rotatable bonds is 14. The van der Waals surface area contributed by atoms with Crippen molar-refractivity contribution in [2.24, 2.45) is 0 Å². The number of imide groups is 2. The summed E-state index contributed by atoms with van der Waals surface area (Å²) in [5.74, 6) is -4.13. The van der Waals surface area contributed by atoms with Crippen molar-refractivity contribution >= 4 is 74.8 Å². The Bertz CT molecular complexity index is 2260. The van der Waals surface area contributed by atoms with Crippen LogP contribution in [0.25, 0.3) is 0 Å². The van der Waals surface area contributed by atoms with Crippen LogP contribution in [0.1, 0.15) is 77.3 Å². The summed E-state index contributed by atoms with van der Waals surface area (Å²) in [7, 11) is -4.82. The van der Waals surface area contributed by atoms with Crippen molar-refractivity contribution in [3.05, 3.63) is 71.5 Å². The molecule has 6 rings (SSSR count). The van der Waals surface area contributed by atoms with Gasteiger partial charge in [0.25, 0.3) is 23.6 Å². The average Bonchev–Trinajstić information content (AvgIpc) is 3.78. The molecule has 302 valence electrons. The Kier molecular flexibility index (Phi) is 16.9. The Morgan fingerprint density at radius 1 is 0.831 bits per heavy atom. The largest absolute Gasteiger partial charge is 1.00 e. The Hall–Kier alpha value is -1.98. The first-order valence-corrected chi connectivity index (χ1v) is 19.8. The Morgan fingerprint density at radius 3 is 1.97 bits per heavy atom. The molecule has 2 fully saturated rings. The third-order valence-electron chi connectivity index (χ3n) is 10.2. The third kappa shape index (κ3) is 10.6. The van der Waals surface area contributed by atoms with E-state index in [1.165, 1.54) is 18.2 Å². The molecule has 2 aromatic rings. The SMILES string of the molecule is CC1(C)C(/C=C/C=C2\N(CCC(=O)ON3C(=O)CCC3=O)c3ccc(S(=O)(=O)[O-])cc3C2(C)C)=[N+](CCC(=O)ON2C(=O)CCC2=O)c2ccc(SOO[O-])cc21.[K+].[K+]. The molecule has 0 atom stereocenters. The molecule has 59 heavy (non-hydrogen) atoms. The van der Waals surface area contributed by atoms with Crippen LogP contribution in [0.15, 0.2) is 70.1 Å². The number of hydrogen-bond acceptors (Lipinski definition) is 16. The molecule has 22 heteroatoms. The fourth-order valence-corrected chi connectivity index (χ4v) is 8.19. The van der Waals surface area contributed by atoms with E-state index in [9.17, 15) is 47.0 Å². The Morgan fingerprint density at radius 2 is 1.41 bits per heavy atom. The average molecular weight is 904 g/mol. The molecule has 4 aliphatic heterocycles. The maximum absolute atomic E-state index is 12.9. The Balaban J connectivity index is 0.00000384. The third-order valence-corrected chi connectivity index (χ3v) is 11.6. The van der Waals surface area contributed by atoms with Crippen LogP contribution in [0.3, 0.4) is 0 Å². The zero-order chi connectivity index (χ0) is 41.4. The summed E-state index contributed by atoms with van der Waals surface area (Å²) in [4.78, 5) is 86.0. The summed E-state index contributed by atoms with van der Waals surface area (Å²) in [6.07, 6.45) is 4.55. The zero-order valence-electron chi connectivity index (χ0n) is 33.2. The normalized spacial score (nSPS) is 18.7. The van der Waals surface area contributed by atoms with Crippen molar-refractivity contribution in [3.8, 4) is 0 Å². The maximum Gasteiger partial charge on any atom is 1.00 e. The zero-order valence-corrected chi connectivity index (χ0v) is 41.1. The van der Waals surface area contributed by atoms with E-state index < -0.39 is 61.4 Å². The number of carbonyl (C=O) groups is 6. The minimum Gasteiger partial charge on any atom is -0.744 e. The van der Waals surface area contributed by atoms with Crippen LogP contribution in [0, 0.1) is 0 Å². The maximum atomic E-state index is 12.9. The molecule has 4 amide bonds. The molecule has 2 saturated heterocycles. The van der Waals surface area contributed by atoms with Gasteiger partial charge in [-0.3, -0.25) is 24.2 Å². The van der Waals surface area contributed by atoms with Crippen LogP contribution in [0.2, 0.25) is 0 Å².